The fourth-order valence-electron chi connectivity index (χ4n) is 2.40. The smallest absolute Gasteiger partial charge is 0.0733 e. The van der Waals surface area contributed by atoms with Crippen molar-refractivity contribution in [1.82, 2.24) is 0 Å². The van der Waals surface area contributed by atoms with Gasteiger partial charge in [0.25, 0.3) is 0 Å². The molecule has 1 saturated heterocycles. The lowest BCUT2D eigenvalue weighted by Crippen LogP contribution is -2.27. The number of hydrogen-bond acceptors (Lipinski definition) is 2. The summed E-state index contributed by atoms with van der Waals surface area (Å²) in [6.45, 7) is 4.14. The summed E-state index contributed by atoms with van der Waals surface area (Å²) in [5.41, 5.74) is 2.60. The van der Waals surface area contributed by atoms with Crippen LogP contribution in [-0.2, 0) is 11.3 Å². The average Bonchev–Trinajstić information content (AvgIpc) is 2.65. The van der Waals surface area contributed by atoms with Gasteiger partial charge in [0.15, 0.2) is 0 Å². The maximum atomic E-state index is 5.27. The summed E-state index contributed by atoms with van der Waals surface area (Å²) in [7, 11) is 1.75. The normalized spacial score (nSPS) is 20.4. The zero-order valence-electron chi connectivity index (χ0n) is 9.87. The SMILES string of the molecule is COCc1cc(Br)ccc1N1CCC[C@H]1C. The fraction of sp³-hybridized carbons (Fsp3) is 0.538. The van der Waals surface area contributed by atoms with Crippen molar-refractivity contribution in [2.24, 2.45) is 0 Å². The minimum Gasteiger partial charge on any atom is -0.380 e. The predicted octanol–water partition coefficient (Wildman–Crippen LogP) is 3.58. The molecule has 2 rings (SSSR count). The molecule has 1 atom stereocenters. The number of ether oxygens (including phenoxy) is 1. The van der Waals surface area contributed by atoms with Gasteiger partial charge in [0.1, 0.15) is 0 Å². The Kier molecular flexibility index (Phi) is 3.87. The molecule has 0 radical (unpaired) electrons. The first-order valence-corrected chi connectivity index (χ1v) is 6.55. The number of halogens is 1. The summed E-state index contributed by atoms with van der Waals surface area (Å²) in [5.74, 6) is 0. The molecular formula is C13H18BrNO. The third kappa shape index (κ3) is 2.41. The molecule has 0 bridgehead atoms. The van der Waals surface area contributed by atoms with Gasteiger partial charge in [-0.05, 0) is 38.0 Å². The molecule has 1 heterocycles. The van der Waals surface area contributed by atoms with E-state index in [9.17, 15) is 0 Å². The van der Waals surface area contributed by atoms with E-state index in [-0.39, 0.29) is 0 Å². The second kappa shape index (κ2) is 5.19. The number of methoxy groups -OCH3 is 1. The quantitative estimate of drug-likeness (QED) is 0.841. The van der Waals surface area contributed by atoms with E-state index in [1.54, 1.807) is 7.11 Å². The number of anilines is 1. The molecule has 0 amide bonds. The molecule has 88 valence electrons. The van der Waals surface area contributed by atoms with Crippen molar-refractivity contribution in [2.45, 2.75) is 32.4 Å². The van der Waals surface area contributed by atoms with Crippen LogP contribution in [0.25, 0.3) is 0 Å². The van der Waals surface area contributed by atoms with Crippen LogP contribution in [0.15, 0.2) is 22.7 Å². The standard InChI is InChI=1S/C13H18BrNO/c1-10-4-3-7-15(10)13-6-5-12(14)8-11(13)9-16-2/h5-6,8,10H,3-4,7,9H2,1-2H3/t10-/m1/s1. The summed E-state index contributed by atoms with van der Waals surface area (Å²) in [4.78, 5) is 2.49. The van der Waals surface area contributed by atoms with Gasteiger partial charge in [0, 0.05) is 35.4 Å². The van der Waals surface area contributed by atoms with Crippen LogP contribution in [-0.4, -0.2) is 19.7 Å². The van der Waals surface area contributed by atoms with Crippen molar-refractivity contribution < 1.29 is 4.74 Å². The highest BCUT2D eigenvalue weighted by Crippen LogP contribution is 2.30. The van der Waals surface area contributed by atoms with Crippen molar-refractivity contribution in [3.8, 4) is 0 Å². The first-order chi connectivity index (χ1) is 7.72. The van der Waals surface area contributed by atoms with Crippen LogP contribution >= 0.6 is 15.9 Å². The summed E-state index contributed by atoms with van der Waals surface area (Å²) in [6.07, 6.45) is 2.59. The minimum absolute atomic E-state index is 0.650. The zero-order valence-corrected chi connectivity index (χ0v) is 11.5. The van der Waals surface area contributed by atoms with E-state index in [2.05, 4.69) is 46.0 Å². The highest BCUT2D eigenvalue weighted by Gasteiger charge is 2.22. The maximum Gasteiger partial charge on any atom is 0.0733 e. The highest BCUT2D eigenvalue weighted by molar-refractivity contribution is 9.10. The van der Waals surface area contributed by atoms with E-state index < -0.39 is 0 Å². The number of rotatable bonds is 3. The van der Waals surface area contributed by atoms with Gasteiger partial charge in [-0.15, -0.1) is 0 Å². The van der Waals surface area contributed by atoms with Gasteiger partial charge in [-0.25, -0.2) is 0 Å². The number of nitrogens with zero attached hydrogens (tertiary/aromatic N) is 1. The minimum atomic E-state index is 0.650. The Hall–Kier alpha value is -0.540. The van der Waals surface area contributed by atoms with Crippen molar-refractivity contribution >= 4 is 21.6 Å². The van der Waals surface area contributed by atoms with E-state index in [1.807, 2.05) is 0 Å². The van der Waals surface area contributed by atoms with Crippen LogP contribution in [0.3, 0.4) is 0 Å². The van der Waals surface area contributed by atoms with Gasteiger partial charge >= 0.3 is 0 Å². The Balaban J connectivity index is 2.31. The van der Waals surface area contributed by atoms with Gasteiger partial charge < -0.3 is 9.64 Å². The molecule has 3 heteroatoms. The third-order valence-electron chi connectivity index (χ3n) is 3.20. The topological polar surface area (TPSA) is 12.5 Å². The molecule has 0 unspecified atom stereocenters. The van der Waals surface area contributed by atoms with E-state index in [1.165, 1.54) is 30.6 Å². The molecule has 16 heavy (non-hydrogen) atoms. The molecule has 1 aromatic rings. The van der Waals surface area contributed by atoms with E-state index in [0.29, 0.717) is 12.6 Å². The lowest BCUT2D eigenvalue weighted by molar-refractivity contribution is 0.185. The molecule has 1 fully saturated rings. The van der Waals surface area contributed by atoms with E-state index >= 15 is 0 Å². The van der Waals surface area contributed by atoms with Crippen LogP contribution in [0.5, 0.6) is 0 Å². The third-order valence-corrected chi connectivity index (χ3v) is 3.70. The summed E-state index contributed by atoms with van der Waals surface area (Å²) >= 11 is 3.52. The Morgan fingerprint density at radius 2 is 2.31 bits per heavy atom. The number of hydrogen-bond donors (Lipinski definition) is 0. The molecule has 1 aliphatic rings. The largest absolute Gasteiger partial charge is 0.380 e. The predicted molar refractivity (Wildman–Crippen MR) is 70.9 cm³/mol. The molecular weight excluding hydrogens is 266 g/mol. The Morgan fingerprint density at radius 3 is 2.94 bits per heavy atom. The molecule has 1 aliphatic heterocycles. The van der Waals surface area contributed by atoms with Crippen LogP contribution in [0.2, 0.25) is 0 Å². The van der Waals surface area contributed by atoms with E-state index in [0.717, 1.165) is 4.47 Å². The first-order valence-electron chi connectivity index (χ1n) is 5.76. The molecule has 0 aliphatic carbocycles. The Bertz CT molecular complexity index is 367. The first kappa shape index (κ1) is 11.9. The van der Waals surface area contributed by atoms with Crippen molar-refractivity contribution in [3.05, 3.63) is 28.2 Å². The molecule has 0 aromatic heterocycles. The van der Waals surface area contributed by atoms with Crippen LogP contribution < -0.4 is 4.90 Å². The number of benzene rings is 1. The lowest BCUT2D eigenvalue weighted by atomic mass is 10.1. The molecule has 0 saturated carbocycles. The van der Waals surface area contributed by atoms with Gasteiger partial charge in [-0.1, -0.05) is 15.9 Å². The zero-order chi connectivity index (χ0) is 11.5. The highest BCUT2D eigenvalue weighted by atomic mass is 79.9. The lowest BCUT2D eigenvalue weighted by Gasteiger charge is -2.26. The second-order valence-electron chi connectivity index (χ2n) is 4.39. The van der Waals surface area contributed by atoms with Crippen molar-refractivity contribution in [1.29, 1.82) is 0 Å². The summed E-state index contributed by atoms with van der Waals surface area (Å²) in [6, 6.07) is 7.11. The van der Waals surface area contributed by atoms with Gasteiger partial charge in [0.2, 0.25) is 0 Å². The van der Waals surface area contributed by atoms with Crippen LogP contribution in [0, 0.1) is 0 Å². The average molecular weight is 284 g/mol. The molecule has 2 nitrogen and oxygen atoms in total. The summed E-state index contributed by atoms with van der Waals surface area (Å²) < 4.78 is 6.39. The fourth-order valence-corrected chi connectivity index (χ4v) is 2.81. The van der Waals surface area contributed by atoms with Crippen LogP contribution in [0.4, 0.5) is 5.69 Å². The molecule has 0 N–H and O–H groups in total. The second-order valence-corrected chi connectivity index (χ2v) is 5.31. The Morgan fingerprint density at radius 1 is 1.50 bits per heavy atom. The Labute approximate surface area is 106 Å². The van der Waals surface area contributed by atoms with E-state index in [4.69, 9.17) is 4.74 Å². The van der Waals surface area contributed by atoms with Crippen molar-refractivity contribution in [2.75, 3.05) is 18.6 Å². The van der Waals surface area contributed by atoms with Crippen molar-refractivity contribution in [3.63, 3.8) is 0 Å². The van der Waals surface area contributed by atoms with Crippen LogP contribution in [0.1, 0.15) is 25.3 Å². The summed E-state index contributed by atoms with van der Waals surface area (Å²) in [5, 5.41) is 0. The van der Waals surface area contributed by atoms with Gasteiger partial charge in [-0.3, -0.25) is 0 Å². The monoisotopic (exact) mass is 283 g/mol. The van der Waals surface area contributed by atoms with Gasteiger partial charge in [-0.2, -0.15) is 0 Å². The van der Waals surface area contributed by atoms with Gasteiger partial charge in [0.05, 0.1) is 6.61 Å². The molecule has 1 aromatic carbocycles. The molecule has 0 spiro atoms. The maximum absolute atomic E-state index is 5.27.